The number of esters is 1. The topological polar surface area (TPSA) is 89.7 Å². The van der Waals surface area contributed by atoms with Crippen LogP contribution in [0.25, 0.3) is 0 Å². The van der Waals surface area contributed by atoms with Gasteiger partial charge in [0.25, 0.3) is 5.69 Å². The van der Waals surface area contributed by atoms with Crippen LogP contribution in [-0.4, -0.2) is 29.7 Å². The van der Waals surface area contributed by atoms with Crippen molar-refractivity contribution in [3.8, 4) is 0 Å². The monoisotopic (exact) mass is 225 g/mol. The van der Waals surface area contributed by atoms with E-state index in [1.165, 1.54) is 25.3 Å². The van der Waals surface area contributed by atoms with Crippen LogP contribution < -0.4 is 0 Å². The molecule has 16 heavy (non-hydrogen) atoms. The van der Waals surface area contributed by atoms with Crippen molar-refractivity contribution < 1.29 is 19.6 Å². The van der Waals surface area contributed by atoms with Crippen molar-refractivity contribution in [3.63, 3.8) is 0 Å². The molecule has 0 fully saturated rings. The van der Waals surface area contributed by atoms with Crippen molar-refractivity contribution in [1.82, 2.24) is 0 Å². The number of carbonyl (C=O) groups excluding carboxylic acids is 1. The van der Waals surface area contributed by atoms with E-state index in [9.17, 15) is 14.9 Å². The van der Waals surface area contributed by atoms with Crippen LogP contribution in [0.1, 0.15) is 15.9 Å². The van der Waals surface area contributed by atoms with Crippen LogP contribution in [0.5, 0.6) is 0 Å². The Morgan fingerprint density at radius 2 is 2.25 bits per heavy atom. The van der Waals surface area contributed by atoms with Gasteiger partial charge in [-0.15, -0.1) is 0 Å². The van der Waals surface area contributed by atoms with Crippen molar-refractivity contribution in [2.45, 2.75) is 6.42 Å². The summed E-state index contributed by atoms with van der Waals surface area (Å²) >= 11 is 0. The Morgan fingerprint density at radius 1 is 1.56 bits per heavy atom. The molecule has 0 spiro atoms. The molecule has 1 aromatic rings. The molecule has 6 heteroatoms. The van der Waals surface area contributed by atoms with Crippen LogP contribution in [0, 0.1) is 10.1 Å². The lowest BCUT2D eigenvalue weighted by Crippen LogP contribution is -2.05. The number of nitrogens with zero attached hydrogens (tertiary/aromatic N) is 1. The van der Waals surface area contributed by atoms with Gasteiger partial charge in [-0.05, 0) is 12.1 Å². The van der Waals surface area contributed by atoms with Crippen molar-refractivity contribution >= 4 is 11.7 Å². The van der Waals surface area contributed by atoms with Gasteiger partial charge in [-0.1, -0.05) is 0 Å². The maximum Gasteiger partial charge on any atom is 0.337 e. The number of hydrogen-bond acceptors (Lipinski definition) is 5. The van der Waals surface area contributed by atoms with Crippen LogP contribution in [0.2, 0.25) is 0 Å². The number of nitro groups is 1. The summed E-state index contributed by atoms with van der Waals surface area (Å²) in [5.74, 6) is -0.561. The highest BCUT2D eigenvalue weighted by molar-refractivity contribution is 5.89. The Bertz CT molecular complexity index is 416. The minimum atomic E-state index is -0.561. The third kappa shape index (κ3) is 2.54. The Hall–Kier alpha value is -1.95. The molecule has 0 bridgehead atoms. The molecule has 0 heterocycles. The average Bonchev–Trinajstić information content (AvgIpc) is 2.28. The molecule has 0 radical (unpaired) electrons. The molecule has 0 aliphatic heterocycles. The Balaban J connectivity index is 3.16. The molecular formula is C10H11NO5. The van der Waals surface area contributed by atoms with Gasteiger partial charge in [0.05, 0.1) is 17.6 Å². The first-order chi connectivity index (χ1) is 7.60. The summed E-state index contributed by atoms with van der Waals surface area (Å²) in [6.45, 7) is -0.217. The number of benzene rings is 1. The molecule has 6 nitrogen and oxygen atoms in total. The molecule has 0 saturated heterocycles. The molecule has 0 saturated carbocycles. The molecular weight excluding hydrogens is 214 g/mol. The number of methoxy groups -OCH3 is 1. The van der Waals surface area contributed by atoms with Gasteiger partial charge in [0, 0.05) is 24.7 Å². The zero-order valence-electron chi connectivity index (χ0n) is 8.67. The molecule has 0 aliphatic rings. The summed E-state index contributed by atoms with van der Waals surface area (Å²) in [5.41, 5.74) is 0.439. The predicted octanol–water partition coefficient (Wildman–Crippen LogP) is 0.916. The van der Waals surface area contributed by atoms with Crippen LogP contribution >= 0.6 is 0 Å². The second kappa shape index (κ2) is 5.22. The van der Waals surface area contributed by atoms with E-state index < -0.39 is 10.9 Å². The van der Waals surface area contributed by atoms with E-state index in [-0.39, 0.29) is 24.3 Å². The number of ether oxygens (including phenoxy) is 1. The summed E-state index contributed by atoms with van der Waals surface area (Å²) in [7, 11) is 1.23. The van der Waals surface area contributed by atoms with Crippen LogP contribution in [0.15, 0.2) is 18.2 Å². The lowest BCUT2D eigenvalue weighted by Gasteiger charge is -2.03. The smallest absolute Gasteiger partial charge is 0.337 e. The molecule has 0 unspecified atom stereocenters. The Morgan fingerprint density at radius 3 is 2.75 bits per heavy atom. The minimum absolute atomic E-state index is 0.110. The lowest BCUT2D eigenvalue weighted by molar-refractivity contribution is -0.385. The molecule has 1 aromatic carbocycles. The fraction of sp³-hybridized carbons (Fsp3) is 0.300. The quantitative estimate of drug-likeness (QED) is 0.467. The molecule has 0 atom stereocenters. The third-order valence-corrected chi connectivity index (χ3v) is 2.08. The molecule has 0 aliphatic carbocycles. The van der Waals surface area contributed by atoms with Gasteiger partial charge in [-0.2, -0.15) is 0 Å². The molecule has 1 N–H and O–H groups in total. The zero-order valence-corrected chi connectivity index (χ0v) is 8.67. The van der Waals surface area contributed by atoms with Crippen LogP contribution in [-0.2, 0) is 11.2 Å². The van der Waals surface area contributed by atoms with E-state index in [0.717, 1.165) is 0 Å². The van der Waals surface area contributed by atoms with E-state index in [4.69, 9.17) is 5.11 Å². The summed E-state index contributed by atoms with van der Waals surface area (Å²) in [5, 5.41) is 19.4. The molecule has 0 aromatic heterocycles. The highest BCUT2D eigenvalue weighted by atomic mass is 16.6. The highest BCUT2D eigenvalue weighted by Crippen LogP contribution is 2.20. The number of hydrogen-bond donors (Lipinski definition) is 1. The van der Waals surface area contributed by atoms with E-state index >= 15 is 0 Å². The van der Waals surface area contributed by atoms with Crippen LogP contribution in [0.4, 0.5) is 5.69 Å². The number of nitro benzene ring substituents is 1. The summed E-state index contributed by atoms with van der Waals surface area (Å²) in [6, 6.07) is 3.92. The minimum Gasteiger partial charge on any atom is -0.465 e. The Kier molecular flexibility index (Phi) is 3.96. The second-order valence-electron chi connectivity index (χ2n) is 3.07. The maximum absolute atomic E-state index is 11.2. The van der Waals surface area contributed by atoms with Gasteiger partial charge < -0.3 is 9.84 Å². The third-order valence-electron chi connectivity index (χ3n) is 2.08. The number of carbonyl (C=O) groups is 1. The van der Waals surface area contributed by atoms with E-state index in [2.05, 4.69) is 4.74 Å². The SMILES string of the molecule is COC(=O)c1ccc([N+](=O)[O-])c(CCO)c1. The van der Waals surface area contributed by atoms with Gasteiger partial charge in [0.15, 0.2) is 0 Å². The normalized spacial score (nSPS) is 9.88. The summed E-state index contributed by atoms with van der Waals surface area (Å²) in [4.78, 5) is 21.3. The van der Waals surface area contributed by atoms with E-state index in [1.807, 2.05) is 0 Å². The van der Waals surface area contributed by atoms with Crippen LogP contribution in [0.3, 0.4) is 0 Å². The summed E-state index contributed by atoms with van der Waals surface area (Å²) < 4.78 is 4.50. The van der Waals surface area contributed by atoms with E-state index in [1.54, 1.807) is 0 Å². The summed E-state index contributed by atoms with van der Waals surface area (Å²) in [6.07, 6.45) is 0.126. The van der Waals surface area contributed by atoms with Crippen molar-refractivity contribution in [1.29, 1.82) is 0 Å². The molecule has 1 rings (SSSR count). The first kappa shape index (κ1) is 12.1. The number of aliphatic hydroxyl groups is 1. The standard InChI is InChI=1S/C10H11NO5/c1-16-10(13)8-2-3-9(11(14)15)7(6-8)4-5-12/h2-3,6,12H,4-5H2,1H3. The maximum atomic E-state index is 11.2. The van der Waals surface area contributed by atoms with Crippen molar-refractivity contribution in [2.24, 2.45) is 0 Å². The van der Waals surface area contributed by atoms with Gasteiger partial charge >= 0.3 is 5.97 Å². The van der Waals surface area contributed by atoms with Crippen molar-refractivity contribution in [3.05, 3.63) is 39.4 Å². The fourth-order valence-electron chi connectivity index (χ4n) is 1.33. The largest absolute Gasteiger partial charge is 0.465 e. The highest BCUT2D eigenvalue weighted by Gasteiger charge is 2.16. The van der Waals surface area contributed by atoms with Gasteiger partial charge in [-0.25, -0.2) is 4.79 Å². The first-order valence-corrected chi connectivity index (χ1v) is 4.56. The molecule has 86 valence electrons. The Labute approximate surface area is 91.6 Å². The zero-order chi connectivity index (χ0) is 12.1. The lowest BCUT2D eigenvalue weighted by atomic mass is 10.1. The van der Waals surface area contributed by atoms with E-state index in [0.29, 0.717) is 5.56 Å². The number of rotatable bonds is 4. The molecule has 0 amide bonds. The first-order valence-electron chi connectivity index (χ1n) is 4.56. The fourth-order valence-corrected chi connectivity index (χ4v) is 1.33. The number of aliphatic hydroxyl groups excluding tert-OH is 1. The van der Waals surface area contributed by atoms with Gasteiger partial charge in [0.2, 0.25) is 0 Å². The average molecular weight is 225 g/mol. The van der Waals surface area contributed by atoms with Crippen molar-refractivity contribution in [2.75, 3.05) is 13.7 Å². The second-order valence-corrected chi connectivity index (χ2v) is 3.07. The van der Waals surface area contributed by atoms with Gasteiger partial charge in [-0.3, -0.25) is 10.1 Å². The van der Waals surface area contributed by atoms with Gasteiger partial charge in [0.1, 0.15) is 0 Å². The predicted molar refractivity (Wildman–Crippen MR) is 55.2 cm³/mol.